The highest BCUT2D eigenvalue weighted by molar-refractivity contribution is 6.02. The fourth-order valence-electron chi connectivity index (χ4n) is 2.69. The van der Waals surface area contributed by atoms with Crippen molar-refractivity contribution in [2.75, 3.05) is 14.2 Å². The zero-order valence-corrected chi connectivity index (χ0v) is 15.2. The van der Waals surface area contributed by atoms with Crippen molar-refractivity contribution >= 4 is 18.2 Å². The van der Waals surface area contributed by atoms with Gasteiger partial charge in [0, 0.05) is 19.0 Å². The van der Waals surface area contributed by atoms with Crippen molar-refractivity contribution in [3.05, 3.63) is 70.8 Å². The number of amides is 1. The summed E-state index contributed by atoms with van der Waals surface area (Å²) < 4.78 is 42.9. The molecule has 5 nitrogen and oxygen atoms in total. The maximum Gasteiger partial charge on any atom is 0.416 e. The number of likely N-dealkylation sites (N-methyl/N-ethyl adjacent to an activating group) is 1. The Kier molecular flexibility index (Phi) is 6.56. The number of hydrogen-bond acceptors (Lipinski definition) is 4. The molecule has 0 spiro atoms. The van der Waals surface area contributed by atoms with Gasteiger partial charge in [-0.3, -0.25) is 9.59 Å². The largest absolute Gasteiger partial charge is 0.467 e. The van der Waals surface area contributed by atoms with Crippen LogP contribution in [0.3, 0.4) is 0 Å². The first-order valence-electron chi connectivity index (χ1n) is 8.24. The van der Waals surface area contributed by atoms with Crippen molar-refractivity contribution < 1.29 is 32.3 Å². The SMILES string of the molecule is COC(=O)C(Cc1ccc(C(F)(F)F)cc1)N(C)C(=O)c1ccccc1C=O. The predicted molar refractivity (Wildman–Crippen MR) is 94.9 cm³/mol. The third-order valence-corrected chi connectivity index (χ3v) is 4.29. The van der Waals surface area contributed by atoms with Crippen molar-refractivity contribution in [2.24, 2.45) is 0 Å². The highest BCUT2D eigenvalue weighted by Gasteiger charge is 2.32. The van der Waals surface area contributed by atoms with Crippen LogP contribution in [0, 0.1) is 0 Å². The molecule has 0 aliphatic heterocycles. The summed E-state index contributed by atoms with van der Waals surface area (Å²) in [7, 11) is 2.52. The Morgan fingerprint density at radius 2 is 1.71 bits per heavy atom. The molecule has 0 bridgehead atoms. The molecular weight excluding hydrogens is 375 g/mol. The molecule has 1 atom stereocenters. The zero-order valence-electron chi connectivity index (χ0n) is 15.2. The Hall–Kier alpha value is -3.16. The normalized spacial score (nSPS) is 12.2. The lowest BCUT2D eigenvalue weighted by Gasteiger charge is -2.26. The number of aldehydes is 1. The van der Waals surface area contributed by atoms with Gasteiger partial charge in [-0.25, -0.2) is 4.79 Å². The Morgan fingerprint density at radius 1 is 1.11 bits per heavy atom. The molecule has 2 rings (SSSR count). The van der Waals surface area contributed by atoms with E-state index in [1.165, 1.54) is 31.3 Å². The van der Waals surface area contributed by atoms with E-state index in [2.05, 4.69) is 0 Å². The van der Waals surface area contributed by atoms with Crippen LogP contribution in [-0.4, -0.2) is 43.3 Å². The van der Waals surface area contributed by atoms with E-state index in [1.54, 1.807) is 12.1 Å². The van der Waals surface area contributed by atoms with Gasteiger partial charge in [0.1, 0.15) is 6.04 Å². The van der Waals surface area contributed by atoms with Crippen molar-refractivity contribution in [2.45, 2.75) is 18.6 Å². The lowest BCUT2D eigenvalue weighted by molar-refractivity contribution is -0.145. The standard InChI is InChI=1S/C20H18F3NO4/c1-24(18(26)16-6-4-3-5-14(16)12-25)17(19(27)28-2)11-13-7-9-15(10-8-13)20(21,22)23/h3-10,12,17H,11H2,1-2H3. The third-order valence-electron chi connectivity index (χ3n) is 4.29. The molecule has 0 saturated heterocycles. The quantitative estimate of drug-likeness (QED) is 0.558. The molecule has 0 fully saturated rings. The Balaban J connectivity index is 2.29. The first kappa shape index (κ1) is 21.1. The number of methoxy groups -OCH3 is 1. The average Bonchev–Trinajstić information content (AvgIpc) is 2.70. The zero-order chi connectivity index (χ0) is 20.9. The number of benzene rings is 2. The van der Waals surface area contributed by atoms with Crippen LogP contribution in [0.1, 0.15) is 31.8 Å². The third kappa shape index (κ3) is 4.76. The maximum atomic E-state index is 12.8. The van der Waals surface area contributed by atoms with E-state index in [0.717, 1.165) is 24.1 Å². The summed E-state index contributed by atoms with van der Waals surface area (Å²) in [5.74, 6) is -1.30. The average molecular weight is 393 g/mol. The molecule has 0 radical (unpaired) electrons. The Labute approximate surface area is 159 Å². The summed E-state index contributed by atoms with van der Waals surface area (Å²) >= 11 is 0. The molecule has 0 N–H and O–H groups in total. The lowest BCUT2D eigenvalue weighted by Crippen LogP contribution is -2.44. The van der Waals surface area contributed by atoms with Crippen LogP contribution in [0.25, 0.3) is 0 Å². The fourth-order valence-corrected chi connectivity index (χ4v) is 2.69. The lowest BCUT2D eigenvalue weighted by atomic mass is 10.0. The summed E-state index contributed by atoms with van der Waals surface area (Å²) in [4.78, 5) is 37.3. The predicted octanol–water partition coefficient (Wildman–Crippen LogP) is 3.37. The van der Waals surface area contributed by atoms with Gasteiger partial charge in [-0.15, -0.1) is 0 Å². The van der Waals surface area contributed by atoms with E-state index in [-0.39, 0.29) is 17.5 Å². The van der Waals surface area contributed by atoms with Gasteiger partial charge in [0.05, 0.1) is 18.2 Å². The molecule has 0 aliphatic rings. The fraction of sp³-hybridized carbons (Fsp3) is 0.250. The van der Waals surface area contributed by atoms with Crippen LogP contribution >= 0.6 is 0 Å². The summed E-state index contributed by atoms with van der Waals surface area (Å²) in [5.41, 5.74) is -0.110. The molecule has 1 amide bonds. The van der Waals surface area contributed by atoms with Crippen LogP contribution in [0.2, 0.25) is 0 Å². The number of rotatable bonds is 6. The van der Waals surface area contributed by atoms with Gasteiger partial charge >= 0.3 is 12.1 Å². The van der Waals surface area contributed by atoms with Crippen LogP contribution in [0.15, 0.2) is 48.5 Å². The van der Waals surface area contributed by atoms with E-state index in [4.69, 9.17) is 4.74 Å². The molecule has 0 heterocycles. The van der Waals surface area contributed by atoms with Crippen molar-refractivity contribution in [1.82, 2.24) is 4.90 Å². The van der Waals surface area contributed by atoms with Crippen LogP contribution < -0.4 is 0 Å². The number of alkyl halides is 3. The molecular formula is C20H18F3NO4. The van der Waals surface area contributed by atoms with Crippen LogP contribution in [0.5, 0.6) is 0 Å². The summed E-state index contributed by atoms with van der Waals surface area (Å²) in [5, 5.41) is 0. The minimum Gasteiger partial charge on any atom is -0.467 e. The van der Waals surface area contributed by atoms with E-state index >= 15 is 0 Å². The second-order valence-electron chi connectivity index (χ2n) is 6.06. The van der Waals surface area contributed by atoms with Crippen molar-refractivity contribution in [1.29, 1.82) is 0 Å². The number of ether oxygens (including phenoxy) is 1. The highest BCUT2D eigenvalue weighted by Crippen LogP contribution is 2.29. The molecule has 0 aromatic heterocycles. The molecule has 28 heavy (non-hydrogen) atoms. The van der Waals surface area contributed by atoms with E-state index < -0.39 is 29.7 Å². The van der Waals surface area contributed by atoms with Gasteiger partial charge in [-0.2, -0.15) is 13.2 Å². The number of halogens is 3. The number of carbonyl (C=O) groups excluding carboxylic acids is 3. The molecule has 2 aromatic rings. The van der Waals surface area contributed by atoms with Crippen LogP contribution in [-0.2, 0) is 22.1 Å². The number of carbonyl (C=O) groups is 3. The highest BCUT2D eigenvalue weighted by atomic mass is 19.4. The summed E-state index contributed by atoms with van der Waals surface area (Å²) in [6.07, 6.45) is -3.98. The summed E-state index contributed by atoms with van der Waals surface area (Å²) in [6, 6.07) is 9.34. The van der Waals surface area contributed by atoms with Crippen LogP contribution in [0.4, 0.5) is 13.2 Å². The van der Waals surface area contributed by atoms with Gasteiger partial charge in [0.25, 0.3) is 5.91 Å². The second-order valence-corrected chi connectivity index (χ2v) is 6.06. The van der Waals surface area contributed by atoms with Gasteiger partial charge in [-0.1, -0.05) is 30.3 Å². The maximum absolute atomic E-state index is 12.8. The van der Waals surface area contributed by atoms with E-state index in [1.807, 2.05) is 0 Å². The van der Waals surface area contributed by atoms with Gasteiger partial charge in [0.15, 0.2) is 6.29 Å². The topological polar surface area (TPSA) is 63.7 Å². The number of hydrogen-bond donors (Lipinski definition) is 0. The molecule has 8 heteroatoms. The second kappa shape index (κ2) is 8.69. The smallest absolute Gasteiger partial charge is 0.416 e. The summed E-state index contributed by atoms with van der Waals surface area (Å²) in [6.45, 7) is 0. The molecule has 1 unspecified atom stereocenters. The minimum absolute atomic E-state index is 0.0453. The molecule has 0 saturated carbocycles. The number of esters is 1. The Morgan fingerprint density at radius 3 is 2.25 bits per heavy atom. The van der Waals surface area contributed by atoms with Gasteiger partial charge < -0.3 is 9.64 Å². The van der Waals surface area contributed by atoms with Gasteiger partial charge in [-0.05, 0) is 23.8 Å². The van der Waals surface area contributed by atoms with E-state index in [0.29, 0.717) is 11.8 Å². The van der Waals surface area contributed by atoms with Crippen molar-refractivity contribution in [3.63, 3.8) is 0 Å². The number of nitrogens with zero attached hydrogens (tertiary/aromatic N) is 1. The van der Waals surface area contributed by atoms with E-state index in [9.17, 15) is 27.6 Å². The van der Waals surface area contributed by atoms with Gasteiger partial charge in [0.2, 0.25) is 0 Å². The first-order chi connectivity index (χ1) is 13.2. The first-order valence-corrected chi connectivity index (χ1v) is 8.24. The molecule has 148 valence electrons. The monoisotopic (exact) mass is 393 g/mol. The van der Waals surface area contributed by atoms with Crippen molar-refractivity contribution in [3.8, 4) is 0 Å². The molecule has 2 aromatic carbocycles. The Bertz CT molecular complexity index is 862. The molecule has 0 aliphatic carbocycles. The minimum atomic E-state index is -4.47.